The molecular formula is C29H27FN4O2S. The maximum atomic E-state index is 14.1. The lowest BCUT2D eigenvalue weighted by molar-refractivity contribution is -0.114. The van der Waals surface area contributed by atoms with Gasteiger partial charge in [0.05, 0.1) is 0 Å². The van der Waals surface area contributed by atoms with Crippen molar-refractivity contribution in [3.8, 4) is 5.75 Å². The SMILES string of the molecule is CC(=O)C1=C(C)Nc2nc(SCc3ccccc3F)nn2C1c1ccc(OCc2ccccc2C)cc1. The van der Waals surface area contributed by atoms with Crippen LogP contribution in [0, 0.1) is 12.7 Å². The van der Waals surface area contributed by atoms with E-state index >= 15 is 0 Å². The van der Waals surface area contributed by atoms with Gasteiger partial charge < -0.3 is 10.1 Å². The zero-order valence-electron chi connectivity index (χ0n) is 20.9. The van der Waals surface area contributed by atoms with Gasteiger partial charge in [-0.3, -0.25) is 4.79 Å². The number of nitrogens with zero attached hydrogens (tertiary/aromatic N) is 3. The Morgan fingerprint density at radius 3 is 2.43 bits per heavy atom. The van der Waals surface area contributed by atoms with Crippen molar-refractivity contribution in [1.29, 1.82) is 0 Å². The smallest absolute Gasteiger partial charge is 0.227 e. The van der Waals surface area contributed by atoms with Crippen LogP contribution in [0.2, 0.25) is 0 Å². The molecule has 0 aliphatic carbocycles. The van der Waals surface area contributed by atoms with E-state index in [1.54, 1.807) is 23.7 Å². The third-order valence-corrected chi connectivity index (χ3v) is 7.26. The molecule has 0 spiro atoms. The van der Waals surface area contributed by atoms with E-state index in [0.717, 1.165) is 22.6 Å². The Morgan fingerprint density at radius 1 is 1.03 bits per heavy atom. The molecule has 37 heavy (non-hydrogen) atoms. The Labute approximate surface area is 219 Å². The lowest BCUT2D eigenvalue weighted by Crippen LogP contribution is -2.27. The topological polar surface area (TPSA) is 69.0 Å². The van der Waals surface area contributed by atoms with Gasteiger partial charge in [-0.2, -0.15) is 4.98 Å². The molecule has 1 aliphatic rings. The highest BCUT2D eigenvalue weighted by atomic mass is 32.2. The summed E-state index contributed by atoms with van der Waals surface area (Å²) in [6, 6.07) is 22.1. The van der Waals surface area contributed by atoms with Crippen molar-refractivity contribution in [1.82, 2.24) is 14.8 Å². The Balaban J connectivity index is 1.39. The van der Waals surface area contributed by atoms with Gasteiger partial charge in [-0.1, -0.05) is 66.4 Å². The molecular weight excluding hydrogens is 487 g/mol. The largest absolute Gasteiger partial charge is 0.489 e. The van der Waals surface area contributed by atoms with Crippen molar-refractivity contribution >= 4 is 23.5 Å². The number of halogens is 1. The number of ether oxygens (including phenoxy) is 1. The standard InChI is InChI=1S/C29H27FN4O2S/c1-18-8-4-5-9-22(18)16-36-24-14-12-21(13-15-24)27-26(20(3)35)19(2)31-28-32-29(33-34(27)28)37-17-23-10-6-7-11-25(23)30/h4-15,27H,16-17H2,1-3H3,(H,31,32,33). The number of allylic oxidation sites excluding steroid dienone is 2. The number of rotatable bonds is 8. The van der Waals surface area contributed by atoms with E-state index in [4.69, 9.17) is 9.84 Å². The lowest BCUT2D eigenvalue weighted by atomic mass is 9.93. The van der Waals surface area contributed by atoms with Crippen molar-refractivity contribution in [3.63, 3.8) is 0 Å². The van der Waals surface area contributed by atoms with Crippen molar-refractivity contribution in [2.45, 2.75) is 44.3 Å². The summed E-state index contributed by atoms with van der Waals surface area (Å²) in [6.45, 7) is 5.97. The average Bonchev–Trinajstić information content (AvgIpc) is 3.29. The van der Waals surface area contributed by atoms with Crippen LogP contribution in [0.4, 0.5) is 10.3 Å². The molecule has 1 aliphatic heterocycles. The highest BCUT2D eigenvalue weighted by Crippen LogP contribution is 2.37. The van der Waals surface area contributed by atoms with E-state index in [9.17, 15) is 9.18 Å². The van der Waals surface area contributed by atoms with Crippen LogP contribution in [0.1, 0.15) is 42.1 Å². The van der Waals surface area contributed by atoms with Gasteiger partial charge in [0.15, 0.2) is 5.78 Å². The number of thioether (sulfide) groups is 1. The minimum absolute atomic E-state index is 0.0448. The summed E-state index contributed by atoms with van der Waals surface area (Å²) in [4.78, 5) is 17.3. The van der Waals surface area contributed by atoms with Crippen LogP contribution in [0.15, 0.2) is 89.2 Å². The predicted octanol–water partition coefficient (Wildman–Crippen LogP) is 6.47. The molecule has 0 radical (unpaired) electrons. The maximum Gasteiger partial charge on any atom is 0.227 e. The van der Waals surface area contributed by atoms with Crippen LogP contribution in [0.3, 0.4) is 0 Å². The van der Waals surface area contributed by atoms with Crippen molar-refractivity contribution < 1.29 is 13.9 Å². The molecule has 8 heteroatoms. The third-order valence-electron chi connectivity index (χ3n) is 6.38. The fourth-order valence-corrected chi connectivity index (χ4v) is 5.21. The van der Waals surface area contributed by atoms with Gasteiger partial charge in [-0.15, -0.1) is 5.10 Å². The van der Waals surface area contributed by atoms with Crippen LogP contribution in [-0.2, 0) is 17.2 Å². The summed E-state index contributed by atoms with van der Waals surface area (Å²) < 4.78 is 21.8. The lowest BCUT2D eigenvalue weighted by Gasteiger charge is -2.28. The second-order valence-corrected chi connectivity index (χ2v) is 9.89. The summed E-state index contributed by atoms with van der Waals surface area (Å²) in [5.41, 5.74) is 5.16. The molecule has 1 N–H and O–H groups in total. The molecule has 0 saturated carbocycles. The number of hydrogen-bond acceptors (Lipinski definition) is 6. The minimum atomic E-state index is -0.436. The predicted molar refractivity (Wildman–Crippen MR) is 143 cm³/mol. The Bertz CT molecular complexity index is 1480. The molecule has 188 valence electrons. The van der Waals surface area contributed by atoms with Crippen molar-refractivity contribution in [2.75, 3.05) is 5.32 Å². The van der Waals surface area contributed by atoms with E-state index in [1.165, 1.54) is 23.4 Å². The Kier molecular flexibility index (Phi) is 7.10. The van der Waals surface area contributed by atoms with E-state index < -0.39 is 6.04 Å². The highest BCUT2D eigenvalue weighted by molar-refractivity contribution is 7.98. The third kappa shape index (κ3) is 5.29. The number of fused-ring (bicyclic) bond motifs is 1. The molecule has 0 amide bonds. The fraction of sp³-hybridized carbons (Fsp3) is 0.207. The van der Waals surface area contributed by atoms with Crippen LogP contribution in [0.5, 0.6) is 5.75 Å². The quantitative estimate of drug-likeness (QED) is 0.272. The highest BCUT2D eigenvalue weighted by Gasteiger charge is 2.32. The Morgan fingerprint density at radius 2 is 1.73 bits per heavy atom. The van der Waals surface area contributed by atoms with E-state index in [1.807, 2.05) is 49.4 Å². The number of aromatic nitrogens is 3. The van der Waals surface area contributed by atoms with Crippen molar-refractivity contribution in [2.24, 2.45) is 0 Å². The van der Waals surface area contributed by atoms with Gasteiger partial charge in [0.25, 0.3) is 0 Å². The number of ketones is 1. The van der Waals surface area contributed by atoms with Crippen LogP contribution in [-0.4, -0.2) is 20.5 Å². The van der Waals surface area contributed by atoms with Crippen LogP contribution in [0.25, 0.3) is 0 Å². The first-order chi connectivity index (χ1) is 17.9. The first-order valence-electron chi connectivity index (χ1n) is 12.0. The monoisotopic (exact) mass is 514 g/mol. The first kappa shape index (κ1) is 24.8. The summed E-state index contributed by atoms with van der Waals surface area (Å²) in [5.74, 6) is 1.39. The minimum Gasteiger partial charge on any atom is -0.489 e. The molecule has 0 bridgehead atoms. The number of carbonyl (C=O) groups excluding carboxylic acids is 1. The van der Waals surface area contributed by atoms with E-state index in [0.29, 0.717) is 34.6 Å². The van der Waals surface area contributed by atoms with Gasteiger partial charge >= 0.3 is 0 Å². The summed E-state index contributed by atoms with van der Waals surface area (Å²) in [6.07, 6.45) is 0. The van der Waals surface area contributed by atoms with Gasteiger partial charge in [-0.25, -0.2) is 9.07 Å². The molecule has 1 unspecified atom stereocenters. The average molecular weight is 515 g/mol. The fourth-order valence-electron chi connectivity index (χ4n) is 4.39. The molecule has 6 nitrogen and oxygen atoms in total. The molecule has 4 aromatic rings. The second-order valence-electron chi connectivity index (χ2n) is 8.95. The Hall–Kier alpha value is -3.91. The van der Waals surface area contributed by atoms with Gasteiger partial charge in [0, 0.05) is 17.0 Å². The summed E-state index contributed by atoms with van der Waals surface area (Å²) in [5, 5.41) is 8.41. The zero-order chi connectivity index (χ0) is 25.9. The number of carbonyl (C=O) groups is 1. The number of aryl methyl sites for hydroxylation is 1. The molecule has 1 atom stereocenters. The maximum absolute atomic E-state index is 14.1. The first-order valence-corrected chi connectivity index (χ1v) is 13.0. The van der Waals surface area contributed by atoms with Crippen molar-refractivity contribution in [3.05, 3.63) is 112 Å². The molecule has 5 rings (SSSR count). The van der Waals surface area contributed by atoms with Gasteiger partial charge in [0.1, 0.15) is 24.2 Å². The number of benzene rings is 3. The van der Waals surface area contributed by atoms with Gasteiger partial charge in [0.2, 0.25) is 11.1 Å². The number of Topliss-reactive ketones (excluding diaryl/α,β-unsaturated/α-hetero) is 1. The van der Waals surface area contributed by atoms with Gasteiger partial charge in [-0.05, 0) is 61.2 Å². The van der Waals surface area contributed by atoms with E-state index in [2.05, 4.69) is 29.4 Å². The molecule has 0 fully saturated rings. The van der Waals surface area contributed by atoms with Crippen LogP contribution < -0.4 is 10.1 Å². The second kappa shape index (κ2) is 10.6. The summed E-state index contributed by atoms with van der Waals surface area (Å²) >= 11 is 1.35. The summed E-state index contributed by atoms with van der Waals surface area (Å²) in [7, 11) is 0. The van der Waals surface area contributed by atoms with Crippen LogP contribution >= 0.6 is 11.8 Å². The molecule has 0 saturated heterocycles. The number of hydrogen-bond donors (Lipinski definition) is 1. The van der Waals surface area contributed by atoms with E-state index in [-0.39, 0.29) is 11.6 Å². The molecule has 1 aromatic heterocycles. The number of nitrogens with one attached hydrogen (secondary N) is 1. The molecule has 2 heterocycles. The zero-order valence-corrected chi connectivity index (χ0v) is 21.7. The number of anilines is 1. The normalized spacial score (nSPS) is 14.8. The molecule has 3 aromatic carbocycles.